The average molecular weight is 290 g/mol. The van der Waals surface area contributed by atoms with Gasteiger partial charge in [-0.15, -0.1) is 11.6 Å². The van der Waals surface area contributed by atoms with Gasteiger partial charge in [-0.2, -0.15) is 0 Å². The number of hydrogen-bond donors (Lipinski definition) is 0. The fraction of sp³-hybridized carbons (Fsp3) is 0.533. The number of rotatable bonds is 6. The Morgan fingerprint density at radius 1 is 1.42 bits per heavy atom. The van der Waals surface area contributed by atoms with Gasteiger partial charge in [0.1, 0.15) is 12.6 Å². The Balaban J connectivity index is 3.13. The maximum absolute atomic E-state index is 12.1. The molecule has 0 saturated carbocycles. The lowest BCUT2D eigenvalue weighted by Crippen LogP contribution is -2.36. The summed E-state index contributed by atoms with van der Waals surface area (Å²) in [7, 11) is 0. The van der Waals surface area contributed by atoms with Gasteiger partial charge in [-0.3, -0.25) is 9.69 Å². The minimum Gasteiger partial charge on any atom is -0.358 e. The Morgan fingerprint density at radius 3 is 2.63 bits per heavy atom. The lowest BCUT2D eigenvalue weighted by atomic mass is 10.5. The number of carbonyl (C=O) groups excluding carboxylic acids is 1. The van der Waals surface area contributed by atoms with Gasteiger partial charge in [-0.05, 0) is 38.3 Å². The summed E-state index contributed by atoms with van der Waals surface area (Å²) in [5, 5.41) is 0. The maximum Gasteiger partial charge on any atom is 0.243 e. The third-order valence-electron chi connectivity index (χ3n) is 2.92. The average Bonchev–Trinajstić information content (AvgIpc) is 2.39. The zero-order chi connectivity index (χ0) is 14.4. The van der Waals surface area contributed by atoms with Crippen LogP contribution in [-0.2, 0) is 16.0 Å². The lowest BCUT2D eigenvalue weighted by Gasteiger charge is -2.27. The van der Waals surface area contributed by atoms with Crippen molar-refractivity contribution in [2.24, 2.45) is 0 Å². The van der Waals surface area contributed by atoms with Crippen molar-refractivity contribution >= 4 is 23.2 Å². The molecule has 3 nitrogen and oxygen atoms in total. The zero-order valence-corrected chi connectivity index (χ0v) is 12.8. The highest BCUT2D eigenvalue weighted by Gasteiger charge is 2.19. The van der Waals surface area contributed by atoms with E-state index in [0.29, 0.717) is 0 Å². The number of ether oxygens (including phenoxy) is 1. The largest absolute Gasteiger partial charge is 0.358 e. The molecule has 1 amide bonds. The Morgan fingerprint density at radius 2 is 2.11 bits per heavy atom. The highest BCUT2D eigenvalue weighted by molar-refractivity contribution is 6.29. The predicted octanol–water partition coefficient (Wildman–Crippen LogP) is 3.51. The number of para-hydroxylation sites is 1. The molecule has 0 aliphatic heterocycles. The molecular formula is C15H22ClNO2. The molecule has 0 bridgehead atoms. The fourth-order valence-electron chi connectivity index (χ4n) is 1.95. The van der Waals surface area contributed by atoms with Crippen LogP contribution < -0.4 is 4.90 Å². The molecule has 0 saturated heterocycles. The molecule has 0 aromatic heterocycles. The third-order valence-corrected chi connectivity index (χ3v) is 3.15. The van der Waals surface area contributed by atoms with E-state index < -0.39 is 0 Å². The smallest absolute Gasteiger partial charge is 0.243 e. The minimum atomic E-state index is -0.133. The predicted molar refractivity (Wildman–Crippen MR) is 79.9 cm³/mol. The third kappa shape index (κ3) is 4.22. The molecule has 1 aromatic carbocycles. The van der Waals surface area contributed by atoms with E-state index in [-0.39, 0.29) is 24.6 Å². The quantitative estimate of drug-likeness (QED) is 0.592. The van der Waals surface area contributed by atoms with Crippen molar-refractivity contribution in [2.45, 2.75) is 40.2 Å². The van der Waals surface area contributed by atoms with Gasteiger partial charge >= 0.3 is 0 Å². The molecule has 0 aliphatic rings. The van der Waals surface area contributed by atoms with Crippen molar-refractivity contribution in [1.29, 1.82) is 0 Å². The summed E-state index contributed by atoms with van der Waals surface area (Å²) in [6.45, 7) is 8.20. The van der Waals surface area contributed by atoms with E-state index in [4.69, 9.17) is 16.3 Å². The maximum atomic E-state index is 12.1. The Kier molecular flexibility index (Phi) is 6.32. The molecule has 0 radical (unpaired) electrons. The van der Waals surface area contributed by atoms with Crippen LogP contribution in [0.25, 0.3) is 0 Å². The Labute approximate surface area is 120 Å². The first-order chi connectivity index (χ1) is 9.01. The first-order valence-electron chi connectivity index (χ1n) is 6.57. The molecule has 1 aromatic rings. The number of amides is 1. The molecule has 0 N–H and O–H groups in total. The van der Waals surface area contributed by atoms with Gasteiger partial charge in [0.25, 0.3) is 0 Å². The van der Waals surface area contributed by atoms with Crippen LogP contribution in [0.15, 0.2) is 18.2 Å². The highest BCUT2D eigenvalue weighted by atomic mass is 35.5. The van der Waals surface area contributed by atoms with Crippen molar-refractivity contribution in [3.8, 4) is 0 Å². The van der Waals surface area contributed by atoms with Crippen LogP contribution in [0.4, 0.5) is 5.69 Å². The fourth-order valence-corrected chi connectivity index (χ4v) is 2.09. The van der Waals surface area contributed by atoms with Crippen LogP contribution in [0.3, 0.4) is 0 Å². The summed E-state index contributed by atoms with van der Waals surface area (Å²) >= 11 is 5.71. The second kappa shape index (κ2) is 7.51. The second-order valence-electron chi connectivity index (χ2n) is 4.74. The molecule has 0 fully saturated rings. The SMILES string of the molecule is CC[13c]1[13cH][13cH][13cH][13c](C)[13c]1N(COC(C)C)C(=O)CCl. The van der Waals surface area contributed by atoms with Gasteiger partial charge in [0, 0.05) is 0 Å². The Hall–Kier alpha value is -1.06. The van der Waals surface area contributed by atoms with E-state index in [1.54, 1.807) is 4.90 Å². The number of benzene rings is 1. The van der Waals surface area contributed by atoms with Crippen molar-refractivity contribution in [2.75, 3.05) is 17.5 Å². The lowest BCUT2D eigenvalue weighted by molar-refractivity contribution is -0.117. The van der Waals surface area contributed by atoms with Crippen LogP contribution in [0.2, 0.25) is 0 Å². The summed E-state index contributed by atoms with van der Waals surface area (Å²) in [4.78, 5) is 13.7. The van der Waals surface area contributed by atoms with Crippen molar-refractivity contribution in [1.82, 2.24) is 0 Å². The molecule has 0 unspecified atom stereocenters. The topological polar surface area (TPSA) is 29.5 Å². The van der Waals surface area contributed by atoms with Gasteiger partial charge in [-0.1, -0.05) is 25.1 Å². The monoisotopic (exact) mass is 289 g/mol. The van der Waals surface area contributed by atoms with Gasteiger partial charge in [0.15, 0.2) is 0 Å². The van der Waals surface area contributed by atoms with E-state index in [1.165, 1.54) is 0 Å². The summed E-state index contributed by atoms with van der Waals surface area (Å²) in [6, 6.07) is 6.04. The number of nitrogens with zero attached hydrogens (tertiary/aromatic N) is 1. The van der Waals surface area contributed by atoms with E-state index in [2.05, 4.69) is 6.92 Å². The van der Waals surface area contributed by atoms with Crippen molar-refractivity contribution in [3.05, 3.63) is 29.3 Å². The van der Waals surface area contributed by atoms with Gasteiger partial charge in [0.2, 0.25) is 5.91 Å². The van der Waals surface area contributed by atoms with Crippen molar-refractivity contribution in [3.63, 3.8) is 0 Å². The first kappa shape index (κ1) is 16.0. The molecule has 0 atom stereocenters. The molecule has 0 spiro atoms. The van der Waals surface area contributed by atoms with Crippen molar-refractivity contribution < 1.29 is 9.53 Å². The highest BCUT2D eigenvalue weighted by Crippen LogP contribution is 2.26. The zero-order valence-electron chi connectivity index (χ0n) is 12.1. The molecule has 4 heteroatoms. The molecule has 19 heavy (non-hydrogen) atoms. The number of carbonyl (C=O) groups is 1. The van der Waals surface area contributed by atoms with E-state index in [9.17, 15) is 4.79 Å². The summed E-state index contributed by atoms with van der Waals surface area (Å²) < 4.78 is 5.58. The molecular weight excluding hydrogens is 268 g/mol. The number of alkyl halides is 1. The summed E-state index contributed by atoms with van der Waals surface area (Å²) in [6.07, 6.45) is 0.935. The number of halogens is 1. The Bertz CT molecular complexity index is 432. The van der Waals surface area contributed by atoms with E-state index in [1.807, 2.05) is 39.0 Å². The van der Waals surface area contributed by atoms with Gasteiger partial charge < -0.3 is 4.74 Å². The number of hydrogen-bond acceptors (Lipinski definition) is 2. The van der Waals surface area contributed by atoms with Crippen LogP contribution in [0, 0.1) is 6.92 Å². The van der Waals surface area contributed by atoms with Crippen LogP contribution >= 0.6 is 11.6 Å². The summed E-state index contributed by atoms with van der Waals surface area (Å²) in [5.41, 5.74) is 3.12. The molecule has 106 valence electrons. The molecule has 0 aliphatic carbocycles. The molecule has 0 heterocycles. The normalized spacial score (nSPS) is 10.8. The summed E-state index contributed by atoms with van der Waals surface area (Å²) in [5.74, 6) is -0.176. The molecule has 1 rings (SSSR count). The van der Waals surface area contributed by atoms with Crippen LogP contribution in [0.1, 0.15) is 31.9 Å². The minimum absolute atomic E-state index is 0.0427. The van der Waals surface area contributed by atoms with Gasteiger partial charge in [0.05, 0.1) is 11.8 Å². The standard InChI is InChI=1S/C15H22ClNO2/c1-5-13-8-6-7-12(4)15(13)17(14(18)9-16)10-19-11(2)3/h6-8,11H,5,9-10H2,1-4H3/i6+1,7+1,8+1,12+1,13+1,15+1. The first-order valence-corrected chi connectivity index (χ1v) is 7.11. The number of anilines is 1. The van der Waals surface area contributed by atoms with Crippen LogP contribution in [-0.4, -0.2) is 24.6 Å². The van der Waals surface area contributed by atoms with E-state index >= 15 is 0 Å². The van der Waals surface area contributed by atoms with Crippen LogP contribution in [0.5, 0.6) is 0 Å². The number of aryl methyl sites for hydroxylation is 2. The van der Waals surface area contributed by atoms with Gasteiger partial charge in [-0.25, -0.2) is 0 Å². The second-order valence-corrected chi connectivity index (χ2v) is 5.00. The van der Waals surface area contributed by atoms with E-state index in [0.717, 1.165) is 23.2 Å².